The molecule has 4 heteroatoms. The molecule has 80 valence electrons. The molecule has 0 saturated carbocycles. The maximum absolute atomic E-state index is 11.2. The molecule has 0 aromatic rings. The topological polar surface area (TPSA) is 64.4 Å². The third-order valence-electron chi connectivity index (χ3n) is 3.35. The highest BCUT2D eigenvalue weighted by Gasteiger charge is 2.38. The first kappa shape index (κ1) is 9.93. The number of carbonyl (C=O) groups is 1. The standard InChI is InChI=1S/C10H18N2O2/c11-10(13)8-3-6-14-9(8)7-1-4-12-5-2-7/h7-9,12H,1-6H2,(H2,11,13)/t8-,9+/m1/s1. The lowest BCUT2D eigenvalue weighted by Gasteiger charge is -2.29. The summed E-state index contributed by atoms with van der Waals surface area (Å²) in [6.07, 6.45) is 3.11. The summed E-state index contributed by atoms with van der Waals surface area (Å²) < 4.78 is 5.64. The molecule has 0 unspecified atom stereocenters. The monoisotopic (exact) mass is 198 g/mol. The van der Waals surface area contributed by atoms with E-state index in [9.17, 15) is 4.79 Å². The Morgan fingerprint density at radius 1 is 1.29 bits per heavy atom. The molecular formula is C10H18N2O2. The van der Waals surface area contributed by atoms with Crippen LogP contribution in [0.15, 0.2) is 0 Å². The smallest absolute Gasteiger partial charge is 0.223 e. The molecule has 2 rings (SSSR count). The molecule has 3 N–H and O–H groups in total. The number of nitrogens with one attached hydrogen (secondary N) is 1. The SMILES string of the molecule is NC(=O)[C@@H]1CCO[C@H]1C1CCNCC1. The van der Waals surface area contributed by atoms with E-state index in [0.717, 1.165) is 32.4 Å². The first-order valence-corrected chi connectivity index (χ1v) is 5.40. The van der Waals surface area contributed by atoms with Gasteiger partial charge in [0.05, 0.1) is 12.0 Å². The highest BCUT2D eigenvalue weighted by atomic mass is 16.5. The second kappa shape index (κ2) is 4.28. The van der Waals surface area contributed by atoms with Gasteiger partial charge in [0.15, 0.2) is 0 Å². The van der Waals surface area contributed by atoms with Crippen molar-refractivity contribution in [3.8, 4) is 0 Å². The van der Waals surface area contributed by atoms with Gasteiger partial charge in [-0.25, -0.2) is 0 Å². The first-order valence-electron chi connectivity index (χ1n) is 5.40. The van der Waals surface area contributed by atoms with Crippen molar-refractivity contribution in [1.29, 1.82) is 0 Å². The van der Waals surface area contributed by atoms with E-state index in [1.165, 1.54) is 0 Å². The quantitative estimate of drug-likeness (QED) is 0.650. The van der Waals surface area contributed by atoms with Crippen LogP contribution in [0.2, 0.25) is 0 Å². The lowest BCUT2D eigenvalue weighted by atomic mass is 9.84. The van der Waals surface area contributed by atoms with Crippen molar-refractivity contribution in [2.75, 3.05) is 19.7 Å². The van der Waals surface area contributed by atoms with Crippen LogP contribution >= 0.6 is 0 Å². The van der Waals surface area contributed by atoms with E-state index in [-0.39, 0.29) is 17.9 Å². The van der Waals surface area contributed by atoms with Crippen molar-refractivity contribution in [2.24, 2.45) is 17.6 Å². The minimum absolute atomic E-state index is 0.0434. The van der Waals surface area contributed by atoms with Gasteiger partial charge in [0.25, 0.3) is 0 Å². The van der Waals surface area contributed by atoms with Crippen LogP contribution in [0.25, 0.3) is 0 Å². The van der Waals surface area contributed by atoms with Crippen LogP contribution in [0.4, 0.5) is 0 Å². The Kier molecular flexibility index (Phi) is 3.03. The maximum Gasteiger partial charge on any atom is 0.223 e. The van der Waals surface area contributed by atoms with E-state index in [4.69, 9.17) is 10.5 Å². The average molecular weight is 198 g/mol. The van der Waals surface area contributed by atoms with Gasteiger partial charge in [-0.1, -0.05) is 0 Å². The van der Waals surface area contributed by atoms with Crippen LogP contribution in [0, 0.1) is 11.8 Å². The minimum Gasteiger partial charge on any atom is -0.377 e. The zero-order valence-corrected chi connectivity index (χ0v) is 8.37. The molecule has 0 spiro atoms. The zero-order valence-electron chi connectivity index (χ0n) is 8.37. The van der Waals surface area contributed by atoms with Gasteiger partial charge in [-0.2, -0.15) is 0 Å². The number of amides is 1. The summed E-state index contributed by atoms with van der Waals surface area (Å²) >= 11 is 0. The predicted molar refractivity (Wildman–Crippen MR) is 52.6 cm³/mol. The Labute approximate surface area is 84.2 Å². The summed E-state index contributed by atoms with van der Waals surface area (Å²) in [5.74, 6) is 0.292. The molecule has 0 radical (unpaired) electrons. The number of hydrogen-bond acceptors (Lipinski definition) is 3. The second-order valence-corrected chi connectivity index (χ2v) is 4.22. The Balaban J connectivity index is 1.97. The average Bonchev–Trinajstić information content (AvgIpc) is 2.67. The van der Waals surface area contributed by atoms with Gasteiger partial charge in [0, 0.05) is 6.61 Å². The highest BCUT2D eigenvalue weighted by molar-refractivity contribution is 5.77. The van der Waals surface area contributed by atoms with E-state index < -0.39 is 0 Å². The maximum atomic E-state index is 11.2. The van der Waals surface area contributed by atoms with Crippen molar-refractivity contribution < 1.29 is 9.53 Å². The van der Waals surface area contributed by atoms with E-state index in [2.05, 4.69) is 5.32 Å². The van der Waals surface area contributed by atoms with Crippen LogP contribution in [0.5, 0.6) is 0 Å². The molecule has 2 atom stereocenters. The van der Waals surface area contributed by atoms with Gasteiger partial charge in [-0.15, -0.1) is 0 Å². The minimum atomic E-state index is -0.189. The fraction of sp³-hybridized carbons (Fsp3) is 0.900. The molecular weight excluding hydrogens is 180 g/mol. The molecule has 0 bridgehead atoms. The summed E-state index contributed by atoms with van der Waals surface area (Å²) in [5, 5.41) is 3.31. The van der Waals surface area contributed by atoms with Gasteiger partial charge in [0.2, 0.25) is 5.91 Å². The third kappa shape index (κ3) is 1.91. The van der Waals surface area contributed by atoms with Crippen molar-refractivity contribution >= 4 is 5.91 Å². The van der Waals surface area contributed by atoms with Crippen LogP contribution < -0.4 is 11.1 Å². The molecule has 0 aromatic heterocycles. The molecule has 2 aliphatic heterocycles. The molecule has 4 nitrogen and oxygen atoms in total. The number of nitrogens with two attached hydrogens (primary N) is 1. The van der Waals surface area contributed by atoms with Gasteiger partial charge in [-0.3, -0.25) is 4.79 Å². The zero-order chi connectivity index (χ0) is 9.97. The highest BCUT2D eigenvalue weighted by Crippen LogP contribution is 2.31. The second-order valence-electron chi connectivity index (χ2n) is 4.22. The Morgan fingerprint density at radius 2 is 2.00 bits per heavy atom. The summed E-state index contributed by atoms with van der Waals surface area (Å²) in [6, 6.07) is 0. The Morgan fingerprint density at radius 3 is 2.64 bits per heavy atom. The van der Waals surface area contributed by atoms with Crippen molar-refractivity contribution in [3.05, 3.63) is 0 Å². The normalized spacial score (nSPS) is 34.6. The largest absolute Gasteiger partial charge is 0.377 e. The van der Waals surface area contributed by atoms with Crippen molar-refractivity contribution in [2.45, 2.75) is 25.4 Å². The predicted octanol–water partition coefficient (Wildman–Crippen LogP) is -0.124. The van der Waals surface area contributed by atoms with Crippen LogP contribution in [-0.4, -0.2) is 31.7 Å². The van der Waals surface area contributed by atoms with Gasteiger partial charge in [-0.05, 0) is 38.3 Å². The molecule has 0 aromatic carbocycles. The van der Waals surface area contributed by atoms with E-state index in [1.54, 1.807) is 0 Å². The fourth-order valence-electron chi connectivity index (χ4n) is 2.55. The van der Waals surface area contributed by atoms with Crippen molar-refractivity contribution in [1.82, 2.24) is 5.32 Å². The third-order valence-corrected chi connectivity index (χ3v) is 3.35. The van der Waals surface area contributed by atoms with Gasteiger partial charge < -0.3 is 15.8 Å². The Bertz CT molecular complexity index is 214. The number of hydrogen-bond donors (Lipinski definition) is 2. The fourth-order valence-corrected chi connectivity index (χ4v) is 2.55. The van der Waals surface area contributed by atoms with Crippen LogP contribution in [0.1, 0.15) is 19.3 Å². The van der Waals surface area contributed by atoms with E-state index in [0.29, 0.717) is 12.5 Å². The van der Waals surface area contributed by atoms with Gasteiger partial charge >= 0.3 is 0 Å². The molecule has 2 heterocycles. The molecule has 0 aliphatic carbocycles. The summed E-state index contributed by atoms with van der Waals surface area (Å²) in [4.78, 5) is 11.2. The number of carbonyl (C=O) groups excluding carboxylic acids is 1. The lowest BCUT2D eigenvalue weighted by molar-refractivity contribution is -0.124. The lowest BCUT2D eigenvalue weighted by Crippen LogP contribution is -2.40. The van der Waals surface area contributed by atoms with Crippen LogP contribution in [-0.2, 0) is 9.53 Å². The molecule has 2 fully saturated rings. The molecule has 14 heavy (non-hydrogen) atoms. The van der Waals surface area contributed by atoms with E-state index in [1.807, 2.05) is 0 Å². The van der Waals surface area contributed by atoms with Gasteiger partial charge in [0.1, 0.15) is 0 Å². The summed E-state index contributed by atoms with van der Waals surface area (Å²) in [6.45, 7) is 2.77. The number of primary amides is 1. The number of ether oxygens (including phenoxy) is 1. The number of rotatable bonds is 2. The van der Waals surface area contributed by atoms with E-state index >= 15 is 0 Å². The summed E-state index contributed by atoms with van der Waals surface area (Å²) in [7, 11) is 0. The molecule has 1 amide bonds. The molecule has 2 aliphatic rings. The number of piperidine rings is 1. The van der Waals surface area contributed by atoms with Crippen LogP contribution in [0.3, 0.4) is 0 Å². The summed E-state index contributed by atoms with van der Waals surface area (Å²) in [5.41, 5.74) is 5.36. The van der Waals surface area contributed by atoms with Crippen molar-refractivity contribution in [3.63, 3.8) is 0 Å². The first-order chi connectivity index (χ1) is 6.79. The molecule has 2 saturated heterocycles. The Hall–Kier alpha value is -0.610.